The van der Waals surface area contributed by atoms with E-state index < -0.39 is 0 Å². The fourth-order valence-corrected chi connectivity index (χ4v) is 4.69. The summed E-state index contributed by atoms with van der Waals surface area (Å²) in [5, 5.41) is 3.99. The Labute approximate surface area is 113 Å². The molecule has 0 aromatic heterocycles. The van der Waals surface area contributed by atoms with Crippen molar-refractivity contribution in [3.63, 3.8) is 0 Å². The van der Waals surface area contributed by atoms with E-state index >= 15 is 0 Å². The molecule has 1 aliphatic heterocycles. The lowest BCUT2D eigenvalue weighted by atomic mass is 9.88. The minimum absolute atomic E-state index is 0.744. The first-order valence-electron chi connectivity index (χ1n) is 8.24. The highest BCUT2D eigenvalue weighted by Crippen LogP contribution is 2.44. The predicted molar refractivity (Wildman–Crippen MR) is 76.7 cm³/mol. The minimum atomic E-state index is 0.744. The Kier molecular flexibility index (Phi) is 3.95. The van der Waals surface area contributed by atoms with Crippen LogP contribution in [0.5, 0.6) is 0 Å². The Morgan fingerprint density at radius 3 is 2.44 bits per heavy atom. The molecule has 1 saturated heterocycles. The van der Waals surface area contributed by atoms with Crippen LogP contribution in [0.15, 0.2) is 0 Å². The van der Waals surface area contributed by atoms with Gasteiger partial charge in [-0.1, -0.05) is 13.3 Å². The molecule has 104 valence electrons. The van der Waals surface area contributed by atoms with Crippen LogP contribution in [0.1, 0.15) is 52.4 Å². The molecule has 2 saturated carbocycles. The van der Waals surface area contributed by atoms with E-state index in [-0.39, 0.29) is 0 Å². The van der Waals surface area contributed by atoms with Crippen LogP contribution in [0.3, 0.4) is 0 Å². The van der Waals surface area contributed by atoms with Gasteiger partial charge >= 0.3 is 0 Å². The molecule has 4 unspecified atom stereocenters. The first-order chi connectivity index (χ1) is 8.76. The first-order valence-corrected chi connectivity index (χ1v) is 8.24. The minimum Gasteiger partial charge on any atom is -0.311 e. The summed E-state index contributed by atoms with van der Waals surface area (Å²) in [6.45, 7) is 8.62. The number of rotatable bonds is 4. The molecule has 0 aromatic carbocycles. The summed E-state index contributed by atoms with van der Waals surface area (Å²) in [4.78, 5) is 2.60. The number of piperidine rings is 1. The molecule has 2 bridgehead atoms. The third-order valence-corrected chi connectivity index (χ3v) is 6.00. The van der Waals surface area contributed by atoms with Crippen LogP contribution in [0, 0.1) is 17.8 Å². The van der Waals surface area contributed by atoms with Gasteiger partial charge in [-0.05, 0) is 76.4 Å². The fourth-order valence-electron chi connectivity index (χ4n) is 4.69. The largest absolute Gasteiger partial charge is 0.311 e. The smallest absolute Gasteiger partial charge is 0.0101 e. The summed E-state index contributed by atoms with van der Waals surface area (Å²) in [6, 6.07) is 1.61. The van der Waals surface area contributed by atoms with Crippen LogP contribution in [-0.4, -0.2) is 36.6 Å². The van der Waals surface area contributed by atoms with Crippen molar-refractivity contribution in [3.05, 3.63) is 0 Å². The number of nitrogens with one attached hydrogen (secondary N) is 1. The maximum absolute atomic E-state index is 3.99. The van der Waals surface area contributed by atoms with Crippen molar-refractivity contribution < 1.29 is 0 Å². The summed E-state index contributed by atoms with van der Waals surface area (Å²) in [7, 11) is 0. The average Bonchev–Trinajstić information content (AvgIpc) is 3.01. The van der Waals surface area contributed by atoms with E-state index in [9.17, 15) is 0 Å². The van der Waals surface area contributed by atoms with E-state index in [0.29, 0.717) is 0 Å². The molecule has 2 aliphatic carbocycles. The topological polar surface area (TPSA) is 15.3 Å². The quantitative estimate of drug-likeness (QED) is 0.825. The number of nitrogens with zero attached hydrogens (tertiary/aromatic N) is 1. The molecule has 2 nitrogen and oxygen atoms in total. The van der Waals surface area contributed by atoms with E-state index in [2.05, 4.69) is 24.1 Å². The lowest BCUT2D eigenvalue weighted by molar-refractivity contribution is 0.158. The van der Waals surface area contributed by atoms with Crippen LogP contribution in [-0.2, 0) is 0 Å². The highest BCUT2D eigenvalue weighted by Gasteiger charge is 2.40. The number of fused-ring (bicyclic) bond motifs is 2. The zero-order chi connectivity index (χ0) is 12.5. The SMILES string of the molecule is CCN1CCC(C(C)NC2CC3CCC2C3)CC1. The van der Waals surface area contributed by atoms with Gasteiger partial charge in [0.1, 0.15) is 0 Å². The Balaban J connectivity index is 1.46. The van der Waals surface area contributed by atoms with Crippen LogP contribution < -0.4 is 5.32 Å². The summed E-state index contributed by atoms with van der Waals surface area (Å²) in [5.41, 5.74) is 0. The second-order valence-electron chi connectivity index (χ2n) is 7.01. The van der Waals surface area contributed by atoms with Crippen molar-refractivity contribution in [1.29, 1.82) is 0 Å². The maximum Gasteiger partial charge on any atom is 0.0101 e. The standard InChI is InChI=1S/C16H30N2/c1-3-18-8-6-14(7-9-18)12(2)17-16-11-13-4-5-15(16)10-13/h12-17H,3-11H2,1-2H3. The van der Waals surface area contributed by atoms with Crippen molar-refractivity contribution in [2.24, 2.45) is 17.8 Å². The molecule has 3 fully saturated rings. The molecule has 0 aromatic rings. The Morgan fingerprint density at radius 1 is 1.11 bits per heavy atom. The van der Waals surface area contributed by atoms with Gasteiger partial charge in [-0.3, -0.25) is 0 Å². The lowest BCUT2D eigenvalue weighted by Gasteiger charge is -2.37. The van der Waals surface area contributed by atoms with Gasteiger partial charge in [0.05, 0.1) is 0 Å². The van der Waals surface area contributed by atoms with Gasteiger partial charge < -0.3 is 10.2 Å². The molecule has 1 N–H and O–H groups in total. The number of hydrogen-bond donors (Lipinski definition) is 1. The van der Waals surface area contributed by atoms with Crippen molar-refractivity contribution in [3.8, 4) is 0 Å². The normalized spacial score (nSPS) is 39.3. The van der Waals surface area contributed by atoms with Crippen LogP contribution in [0.25, 0.3) is 0 Å². The second-order valence-corrected chi connectivity index (χ2v) is 7.01. The third-order valence-electron chi connectivity index (χ3n) is 6.00. The van der Waals surface area contributed by atoms with Crippen molar-refractivity contribution >= 4 is 0 Å². The van der Waals surface area contributed by atoms with Gasteiger partial charge in [0, 0.05) is 12.1 Å². The summed E-state index contributed by atoms with van der Waals surface area (Å²) < 4.78 is 0. The second kappa shape index (κ2) is 5.50. The maximum atomic E-state index is 3.99. The zero-order valence-electron chi connectivity index (χ0n) is 12.2. The van der Waals surface area contributed by atoms with Gasteiger partial charge in [0.2, 0.25) is 0 Å². The lowest BCUT2D eigenvalue weighted by Crippen LogP contribution is -2.46. The van der Waals surface area contributed by atoms with E-state index in [4.69, 9.17) is 0 Å². The molecule has 3 aliphatic rings. The monoisotopic (exact) mass is 250 g/mol. The summed E-state index contributed by atoms with van der Waals surface area (Å²) >= 11 is 0. The molecule has 0 amide bonds. The third kappa shape index (κ3) is 2.60. The van der Waals surface area contributed by atoms with Crippen molar-refractivity contribution in [2.75, 3.05) is 19.6 Å². The average molecular weight is 250 g/mol. The van der Waals surface area contributed by atoms with E-state index in [1.165, 1.54) is 58.2 Å². The van der Waals surface area contributed by atoms with Crippen molar-refractivity contribution in [1.82, 2.24) is 10.2 Å². The summed E-state index contributed by atoms with van der Waals surface area (Å²) in [6.07, 6.45) is 8.84. The molecule has 1 heterocycles. The molecule has 0 radical (unpaired) electrons. The molecular weight excluding hydrogens is 220 g/mol. The van der Waals surface area contributed by atoms with Crippen molar-refractivity contribution in [2.45, 2.75) is 64.5 Å². The Morgan fingerprint density at radius 2 is 1.89 bits per heavy atom. The van der Waals surface area contributed by atoms with Crippen LogP contribution in [0.2, 0.25) is 0 Å². The molecule has 0 spiro atoms. The van der Waals surface area contributed by atoms with Crippen LogP contribution >= 0.6 is 0 Å². The first kappa shape index (κ1) is 12.9. The number of likely N-dealkylation sites (tertiary alicyclic amines) is 1. The molecule has 4 atom stereocenters. The van der Waals surface area contributed by atoms with Crippen LogP contribution in [0.4, 0.5) is 0 Å². The van der Waals surface area contributed by atoms with Gasteiger partial charge in [-0.25, -0.2) is 0 Å². The highest BCUT2D eigenvalue weighted by molar-refractivity contribution is 4.95. The predicted octanol–water partition coefficient (Wildman–Crippen LogP) is 2.89. The van der Waals surface area contributed by atoms with E-state index in [1.54, 1.807) is 0 Å². The Hall–Kier alpha value is -0.0800. The number of hydrogen-bond acceptors (Lipinski definition) is 2. The van der Waals surface area contributed by atoms with E-state index in [1.807, 2.05) is 0 Å². The molecule has 3 rings (SSSR count). The van der Waals surface area contributed by atoms with Gasteiger partial charge in [0.15, 0.2) is 0 Å². The van der Waals surface area contributed by atoms with E-state index in [0.717, 1.165) is 29.8 Å². The highest BCUT2D eigenvalue weighted by atomic mass is 15.1. The fraction of sp³-hybridized carbons (Fsp3) is 1.00. The van der Waals surface area contributed by atoms with Gasteiger partial charge in [-0.2, -0.15) is 0 Å². The molecular formula is C16H30N2. The molecule has 2 heteroatoms. The Bertz CT molecular complexity index is 270. The zero-order valence-corrected chi connectivity index (χ0v) is 12.2. The van der Waals surface area contributed by atoms with Gasteiger partial charge in [-0.15, -0.1) is 0 Å². The summed E-state index contributed by atoms with van der Waals surface area (Å²) in [5.74, 6) is 3.02. The molecule has 18 heavy (non-hydrogen) atoms. The van der Waals surface area contributed by atoms with Gasteiger partial charge in [0.25, 0.3) is 0 Å².